The molecule has 1 unspecified atom stereocenters. The lowest BCUT2D eigenvalue weighted by Crippen LogP contribution is -2.30. The predicted octanol–water partition coefficient (Wildman–Crippen LogP) is 5.49. The third kappa shape index (κ3) is 4.15. The molecule has 7 heteroatoms. The van der Waals surface area contributed by atoms with E-state index < -0.39 is 16.8 Å². The second-order valence-corrected chi connectivity index (χ2v) is 9.03. The van der Waals surface area contributed by atoms with Crippen LogP contribution in [-0.2, 0) is 4.08 Å². The molecule has 1 aliphatic heterocycles. The number of alkyl halides is 2. The molecule has 0 aliphatic carbocycles. The van der Waals surface area contributed by atoms with Crippen LogP contribution in [0.1, 0.15) is 29.2 Å². The number of hydrogen-bond acceptors (Lipinski definition) is 4. The lowest BCUT2D eigenvalue weighted by molar-refractivity contribution is -0.0500. The monoisotopic (exact) mass is 400 g/mol. The third-order valence-electron chi connectivity index (χ3n) is 4.13. The summed E-state index contributed by atoms with van der Waals surface area (Å²) >= 11 is 3.12. The molecule has 1 N–H and O–H groups in total. The van der Waals surface area contributed by atoms with Crippen LogP contribution in [0.25, 0.3) is 0 Å². The van der Waals surface area contributed by atoms with E-state index in [1.54, 1.807) is 35.7 Å². The number of thioether (sulfide) groups is 2. The van der Waals surface area contributed by atoms with Gasteiger partial charge < -0.3 is 9.84 Å². The van der Waals surface area contributed by atoms with Crippen LogP contribution < -0.4 is 4.74 Å². The number of ether oxygens (including phenoxy) is 1. The van der Waals surface area contributed by atoms with E-state index in [-0.39, 0.29) is 11.6 Å². The lowest BCUT2D eigenvalue weighted by atomic mass is 9.98. The highest BCUT2D eigenvalue weighted by molar-refractivity contribution is 8.18. The van der Waals surface area contributed by atoms with Gasteiger partial charge in [-0.3, -0.25) is 0 Å². The quantitative estimate of drug-likeness (QED) is 0.718. The Bertz CT molecular complexity index is 744. The number of rotatable bonds is 5. The molecule has 1 fully saturated rings. The average Bonchev–Trinajstić information content (AvgIpc) is 2.60. The van der Waals surface area contributed by atoms with E-state index in [1.165, 1.54) is 24.3 Å². The molecule has 140 valence electrons. The van der Waals surface area contributed by atoms with Crippen LogP contribution in [0.2, 0.25) is 0 Å². The van der Waals surface area contributed by atoms with Crippen LogP contribution in [0.5, 0.6) is 5.75 Å². The average molecular weight is 400 g/mol. The fourth-order valence-corrected chi connectivity index (χ4v) is 6.41. The highest BCUT2D eigenvalue weighted by Gasteiger charge is 2.43. The van der Waals surface area contributed by atoms with Gasteiger partial charge in [0.2, 0.25) is 0 Å². The minimum absolute atomic E-state index is 0.00654. The normalized spacial score (nSPS) is 17.9. The van der Waals surface area contributed by atoms with Gasteiger partial charge >= 0.3 is 6.61 Å². The topological polar surface area (TPSA) is 29.5 Å². The van der Waals surface area contributed by atoms with Crippen LogP contribution in [0, 0.1) is 12.7 Å². The fourth-order valence-electron chi connectivity index (χ4n) is 3.05. The van der Waals surface area contributed by atoms with E-state index in [4.69, 9.17) is 0 Å². The van der Waals surface area contributed by atoms with Gasteiger partial charge in [0, 0.05) is 0 Å². The summed E-state index contributed by atoms with van der Waals surface area (Å²) in [6.07, 6.45) is -0.00710. The van der Waals surface area contributed by atoms with Gasteiger partial charge in [0.25, 0.3) is 0 Å². The third-order valence-corrected chi connectivity index (χ3v) is 7.59. The lowest BCUT2D eigenvalue weighted by Gasteiger charge is -2.40. The zero-order chi connectivity index (χ0) is 18.7. The number of aliphatic hydroxyl groups excluding tert-OH is 1. The van der Waals surface area contributed by atoms with Crippen LogP contribution in [0.4, 0.5) is 13.2 Å². The molecule has 0 saturated carbocycles. The standard InChI is InChI=1S/C19H19F3O2S2/c1-12-8-14(11-15(20)9-12)19(25-6-3-7-26-19)17(23)13-4-2-5-16(10-13)24-18(21)22/h2,4-5,8-11,17-18,23H,3,6-7H2,1H3. The molecule has 0 spiro atoms. The summed E-state index contributed by atoms with van der Waals surface area (Å²) in [5, 5.41) is 11.2. The van der Waals surface area contributed by atoms with Crippen LogP contribution in [0.3, 0.4) is 0 Å². The number of benzene rings is 2. The van der Waals surface area contributed by atoms with Crippen molar-refractivity contribution in [3.63, 3.8) is 0 Å². The number of aryl methyl sites for hydroxylation is 1. The van der Waals surface area contributed by atoms with Crippen molar-refractivity contribution in [1.29, 1.82) is 0 Å². The van der Waals surface area contributed by atoms with Crippen molar-refractivity contribution in [3.8, 4) is 5.75 Å². The van der Waals surface area contributed by atoms with Crippen molar-refractivity contribution in [2.24, 2.45) is 0 Å². The molecule has 1 atom stereocenters. The molecular weight excluding hydrogens is 381 g/mol. The molecule has 2 aromatic rings. The van der Waals surface area contributed by atoms with E-state index in [0.717, 1.165) is 23.5 Å². The fraction of sp³-hybridized carbons (Fsp3) is 0.368. The molecular formula is C19H19F3O2S2. The molecule has 0 aromatic heterocycles. The SMILES string of the molecule is Cc1cc(F)cc(C2(C(O)c3cccc(OC(F)F)c3)SCCCS2)c1. The summed E-state index contributed by atoms with van der Waals surface area (Å²) in [6.45, 7) is -1.12. The molecule has 3 rings (SSSR count). The van der Waals surface area contributed by atoms with Crippen LogP contribution in [-0.4, -0.2) is 23.2 Å². The van der Waals surface area contributed by atoms with Crippen LogP contribution >= 0.6 is 23.5 Å². The van der Waals surface area contributed by atoms with E-state index in [9.17, 15) is 18.3 Å². The summed E-state index contributed by atoms with van der Waals surface area (Å²) in [5.74, 6) is 1.29. The first-order valence-corrected chi connectivity index (χ1v) is 10.2. The predicted molar refractivity (Wildman–Crippen MR) is 100 cm³/mol. The summed E-state index contributed by atoms with van der Waals surface area (Å²) in [6, 6.07) is 10.8. The number of halogens is 3. The molecule has 1 aliphatic rings. The van der Waals surface area contributed by atoms with Crippen LogP contribution in [0.15, 0.2) is 42.5 Å². The Morgan fingerprint density at radius 3 is 2.50 bits per heavy atom. The van der Waals surface area contributed by atoms with Gasteiger partial charge in [-0.15, -0.1) is 23.5 Å². The largest absolute Gasteiger partial charge is 0.435 e. The maximum absolute atomic E-state index is 14.0. The number of hydrogen-bond donors (Lipinski definition) is 1. The summed E-state index contributed by atoms with van der Waals surface area (Å²) < 4.78 is 42.7. The van der Waals surface area contributed by atoms with Crippen molar-refractivity contribution >= 4 is 23.5 Å². The second-order valence-electron chi connectivity index (χ2n) is 6.09. The van der Waals surface area contributed by atoms with Crippen molar-refractivity contribution in [3.05, 3.63) is 65.0 Å². The van der Waals surface area contributed by atoms with Gasteiger partial charge in [0.05, 0.1) is 0 Å². The minimum atomic E-state index is -2.93. The van der Waals surface area contributed by atoms with Gasteiger partial charge in [0.15, 0.2) is 0 Å². The van der Waals surface area contributed by atoms with E-state index >= 15 is 0 Å². The Balaban J connectivity index is 2.02. The second kappa shape index (κ2) is 8.15. The zero-order valence-corrected chi connectivity index (χ0v) is 15.8. The Morgan fingerprint density at radius 1 is 1.12 bits per heavy atom. The first-order valence-electron chi connectivity index (χ1n) is 8.19. The van der Waals surface area contributed by atoms with E-state index in [1.807, 2.05) is 13.0 Å². The van der Waals surface area contributed by atoms with Gasteiger partial charge in [-0.25, -0.2) is 4.39 Å². The molecule has 1 heterocycles. The van der Waals surface area contributed by atoms with Gasteiger partial charge in [-0.05, 0) is 65.8 Å². The zero-order valence-electron chi connectivity index (χ0n) is 14.1. The Morgan fingerprint density at radius 2 is 1.85 bits per heavy atom. The molecule has 26 heavy (non-hydrogen) atoms. The smallest absolute Gasteiger partial charge is 0.387 e. The summed E-state index contributed by atoms with van der Waals surface area (Å²) in [4.78, 5) is 0. The maximum atomic E-state index is 14.0. The van der Waals surface area contributed by atoms with Gasteiger partial charge in [-0.2, -0.15) is 8.78 Å². The number of aliphatic hydroxyl groups is 1. The maximum Gasteiger partial charge on any atom is 0.387 e. The molecule has 0 radical (unpaired) electrons. The molecule has 0 bridgehead atoms. The highest BCUT2D eigenvalue weighted by Crippen LogP contribution is 2.57. The van der Waals surface area contributed by atoms with Gasteiger partial charge in [-0.1, -0.05) is 18.2 Å². The first-order chi connectivity index (χ1) is 12.4. The van der Waals surface area contributed by atoms with Crippen molar-refractivity contribution in [2.75, 3.05) is 11.5 Å². The van der Waals surface area contributed by atoms with E-state index in [0.29, 0.717) is 11.1 Å². The minimum Gasteiger partial charge on any atom is -0.435 e. The van der Waals surface area contributed by atoms with E-state index in [2.05, 4.69) is 4.74 Å². The van der Waals surface area contributed by atoms with Crippen molar-refractivity contribution < 1.29 is 23.0 Å². The van der Waals surface area contributed by atoms with Gasteiger partial charge in [0.1, 0.15) is 21.7 Å². The summed E-state index contributed by atoms with van der Waals surface area (Å²) in [7, 11) is 0. The molecule has 1 saturated heterocycles. The Hall–Kier alpha value is -1.31. The molecule has 2 nitrogen and oxygen atoms in total. The molecule has 0 amide bonds. The van der Waals surface area contributed by atoms with Crippen molar-refractivity contribution in [1.82, 2.24) is 0 Å². The highest BCUT2D eigenvalue weighted by atomic mass is 32.2. The summed E-state index contributed by atoms with van der Waals surface area (Å²) in [5.41, 5.74) is 1.93. The van der Waals surface area contributed by atoms with Crippen molar-refractivity contribution in [2.45, 2.75) is 30.1 Å². The Kier molecular flexibility index (Phi) is 6.10. The Labute approximate surface area is 159 Å². The first kappa shape index (κ1) is 19.5. The molecule has 2 aromatic carbocycles.